The topological polar surface area (TPSA) is 142 Å². The molecule has 0 saturated heterocycles. The van der Waals surface area contributed by atoms with Crippen molar-refractivity contribution >= 4 is 28.8 Å². The minimum Gasteiger partial charge on any atom is -0.398 e. The first-order valence-electron chi connectivity index (χ1n) is 8.44. The highest BCUT2D eigenvalue weighted by molar-refractivity contribution is 6.32. The van der Waals surface area contributed by atoms with E-state index in [0.717, 1.165) is 6.07 Å². The second kappa shape index (κ2) is 7.57. The Balaban J connectivity index is 2.15. The van der Waals surface area contributed by atoms with Crippen molar-refractivity contribution in [3.63, 3.8) is 0 Å². The smallest absolute Gasteiger partial charge is 0.294 e. The van der Waals surface area contributed by atoms with E-state index in [4.69, 9.17) is 10.5 Å². The molecule has 0 aliphatic heterocycles. The number of methoxy groups -OCH3 is 1. The molecule has 144 valence electrons. The summed E-state index contributed by atoms with van der Waals surface area (Å²) in [5.74, 6) is -2.05. The number of fused-ring (bicyclic) bond motifs is 2. The molecule has 1 amide bonds. The van der Waals surface area contributed by atoms with Crippen LogP contribution >= 0.6 is 0 Å². The largest absolute Gasteiger partial charge is 0.398 e. The first-order chi connectivity index (χ1) is 13.4. The zero-order valence-electron chi connectivity index (χ0n) is 15.0. The van der Waals surface area contributed by atoms with Gasteiger partial charge in [0.05, 0.1) is 10.5 Å². The van der Waals surface area contributed by atoms with E-state index in [1.807, 2.05) is 0 Å². The third kappa shape index (κ3) is 3.12. The van der Waals surface area contributed by atoms with Crippen molar-refractivity contribution in [2.75, 3.05) is 26.0 Å². The molecule has 1 aliphatic rings. The maximum atomic E-state index is 12.9. The molecule has 2 aromatic rings. The summed E-state index contributed by atoms with van der Waals surface area (Å²) in [7, 11) is 1.51. The van der Waals surface area contributed by atoms with E-state index < -0.39 is 33.6 Å². The lowest BCUT2D eigenvalue weighted by atomic mass is 9.81. The number of nitro benzene ring substituents is 1. The lowest BCUT2D eigenvalue weighted by molar-refractivity contribution is -0.385. The Morgan fingerprint density at radius 1 is 1.18 bits per heavy atom. The van der Waals surface area contributed by atoms with Gasteiger partial charge in [-0.2, -0.15) is 0 Å². The van der Waals surface area contributed by atoms with E-state index in [0.29, 0.717) is 13.0 Å². The first-order valence-corrected chi connectivity index (χ1v) is 8.44. The molecule has 2 aromatic carbocycles. The number of ketones is 2. The van der Waals surface area contributed by atoms with Crippen LogP contribution in [0.1, 0.15) is 48.6 Å². The van der Waals surface area contributed by atoms with E-state index in [-0.39, 0.29) is 34.5 Å². The highest BCUT2D eigenvalue weighted by Gasteiger charge is 2.40. The molecule has 0 bridgehead atoms. The fraction of sp³-hybridized carbons (Fsp3) is 0.211. The second-order valence-corrected chi connectivity index (χ2v) is 6.18. The predicted octanol–water partition coefficient (Wildman–Crippen LogP) is 1.72. The number of hydrogen-bond donors (Lipinski definition) is 2. The molecule has 3 rings (SSSR count). The number of hydrogen-bond acceptors (Lipinski definition) is 7. The summed E-state index contributed by atoms with van der Waals surface area (Å²) in [5, 5.41) is 14.3. The van der Waals surface area contributed by atoms with E-state index in [2.05, 4.69) is 5.32 Å². The van der Waals surface area contributed by atoms with Crippen LogP contribution in [-0.4, -0.2) is 42.7 Å². The normalized spacial score (nSPS) is 12.3. The van der Waals surface area contributed by atoms with Gasteiger partial charge in [-0.05, 0) is 12.5 Å². The summed E-state index contributed by atoms with van der Waals surface area (Å²) in [6.07, 6.45) is 0.501. The molecule has 0 saturated carbocycles. The fourth-order valence-electron chi connectivity index (χ4n) is 3.18. The van der Waals surface area contributed by atoms with Gasteiger partial charge in [-0.25, -0.2) is 0 Å². The standard InChI is InChI=1S/C19H17N3O6/c1-28-8-4-7-21-19(25)12-9-13(20)14-15(16(12)22(26)27)18(24)11-6-3-2-5-10(11)17(14)23/h2-3,5-6,9H,4,7-8,20H2,1H3,(H,21,25). The highest BCUT2D eigenvalue weighted by Crippen LogP contribution is 2.38. The second-order valence-electron chi connectivity index (χ2n) is 6.18. The number of rotatable bonds is 6. The Labute approximate surface area is 159 Å². The van der Waals surface area contributed by atoms with Gasteiger partial charge in [0, 0.05) is 37.1 Å². The van der Waals surface area contributed by atoms with Gasteiger partial charge in [-0.3, -0.25) is 24.5 Å². The highest BCUT2D eigenvalue weighted by atomic mass is 16.6. The van der Waals surface area contributed by atoms with Gasteiger partial charge >= 0.3 is 0 Å². The molecule has 0 radical (unpaired) electrons. The van der Waals surface area contributed by atoms with Crippen molar-refractivity contribution in [3.05, 3.63) is 68.3 Å². The summed E-state index contributed by atoms with van der Waals surface area (Å²) in [5.41, 5.74) is 4.17. The average molecular weight is 383 g/mol. The number of anilines is 1. The van der Waals surface area contributed by atoms with Crippen molar-refractivity contribution < 1.29 is 24.0 Å². The van der Waals surface area contributed by atoms with Crippen LogP contribution in [0.5, 0.6) is 0 Å². The molecule has 0 spiro atoms. The molecule has 0 fully saturated rings. The Kier molecular flexibility index (Phi) is 5.18. The van der Waals surface area contributed by atoms with Crippen molar-refractivity contribution in [2.24, 2.45) is 0 Å². The van der Waals surface area contributed by atoms with Gasteiger partial charge < -0.3 is 15.8 Å². The lowest BCUT2D eigenvalue weighted by Gasteiger charge is -2.20. The summed E-state index contributed by atoms with van der Waals surface area (Å²) in [6.45, 7) is 0.620. The molecule has 0 atom stereocenters. The SMILES string of the molecule is COCCCNC(=O)c1cc(N)c2c(c1[N+](=O)[O-])C(=O)c1ccccc1C2=O. The van der Waals surface area contributed by atoms with E-state index >= 15 is 0 Å². The number of nitrogens with two attached hydrogens (primary N) is 1. The first kappa shape index (κ1) is 19.2. The van der Waals surface area contributed by atoms with Crippen LogP contribution in [-0.2, 0) is 4.74 Å². The number of amides is 1. The van der Waals surface area contributed by atoms with E-state index in [1.165, 1.54) is 19.2 Å². The number of nitro groups is 1. The Morgan fingerprint density at radius 3 is 2.36 bits per heavy atom. The lowest BCUT2D eigenvalue weighted by Crippen LogP contribution is -2.29. The minimum atomic E-state index is -0.832. The van der Waals surface area contributed by atoms with Gasteiger partial charge in [-0.15, -0.1) is 0 Å². The fourth-order valence-corrected chi connectivity index (χ4v) is 3.18. The Bertz CT molecular complexity index is 1010. The molecule has 0 unspecified atom stereocenters. The molecule has 28 heavy (non-hydrogen) atoms. The molecule has 1 aliphatic carbocycles. The van der Waals surface area contributed by atoms with Gasteiger partial charge in [0.2, 0.25) is 5.78 Å². The van der Waals surface area contributed by atoms with Gasteiger partial charge in [0.1, 0.15) is 11.1 Å². The van der Waals surface area contributed by atoms with Gasteiger partial charge in [0.15, 0.2) is 5.78 Å². The maximum absolute atomic E-state index is 12.9. The van der Waals surface area contributed by atoms with Crippen LogP contribution in [0.15, 0.2) is 30.3 Å². The number of nitrogens with zero attached hydrogens (tertiary/aromatic N) is 1. The average Bonchev–Trinajstić information content (AvgIpc) is 2.68. The minimum absolute atomic E-state index is 0.0418. The monoisotopic (exact) mass is 383 g/mol. The van der Waals surface area contributed by atoms with Crippen LogP contribution < -0.4 is 11.1 Å². The van der Waals surface area contributed by atoms with Crippen LogP contribution in [0, 0.1) is 10.1 Å². The Morgan fingerprint density at radius 2 is 1.79 bits per heavy atom. The number of nitrogen functional groups attached to an aromatic ring is 1. The molecule has 0 heterocycles. The van der Waals surface area contributed by atoms with E-state index in [1.54, 1.807) is 12.1 Å². The zero-order chi connectivity index (χ0) is 20.4. The molecular formula is C19H17N3O6. The van der Waals surface area contributed by atoms with Crippen LogP contribution in [0.3, 0.4) is 0 Å². The quantitative estimate of drug-likeness (QED) is 0.286. The number of carbonyl (C=O) groups excluding carboxylic acids is 3. The van der Waals surface area contributed by atoms with E-state index in [9.17, 15) is 24.5 Å². The molecule has 0 aromatic heterocycles. The van der Waals surface area contributed by atoms with Gasteiger partial charge in [-0.1, -0.05) is 24.3 Å². The molecule has 9 heteroatoms. The molecular weight excluding hydrogens is 366 g/mol. The molecule has 3 N–H and O–H groups in total. The summed E-state index contributed by atoms with van der Waals surface area (Å²) >= 11 is 0. The number of ether oxygens (including phenoxy) is 1. The van der Waals surface area contributed by atoms with Crippen molar-refractivity contribution in [1.82, 2.24) is 5.32 Å². The predicted molar refractivity (Wildman–Crippen MR) is 99.6 cm³/mol. The van der Waals surface area contributed by atoms with Crippen molar-refractivity contribution in [1.29, 1.82) is 0 Å². The summed E-state index contributed by atoms with van der Waals surface area (Å²) < 4.78 is 4.88. The number of carbonyl (C=O) groups is 3. The summed E-state index contributed by atoms with van der Waals surface area (Å²) in [6, 6.07) is 7.08. The number of benzene rings is 2. The Hall–Kier alpha value is -3.59. The van der Waals surface area contributed by atoms with Crippen LogP contribution in [0.2, 0.25) is 0 Å². The molecule has 9 nitrogen and oxygen atoms in total. The zero-order valence-corrected chi connectivity index (χ0v) is 15.0. The number of nitrogens with one attached hydrogen (secondary N) is 1. The van der Waals surface area contributed by atoms with Crippen LogP contribution in [0.4, 0.5) is 11.4 Å². The summed E-state index contributed by atoms with van der Waals surface area (Å²) in [4.78, 5) is 49.2. The maximum Gasteiger partial charge on any atom is 0.294 e. The van der Waals surface area contributed by atoms with Crippen molar-refractivity contribution in [3.8, 4) is 0 Å². The van der Waals surface area contributed by atoms with Crippen LogP contribution in [0.25, 0.3) is 0 Å². The third-order valence-corrected chi connectivity index (χ3v) is 4.44. The third-order valence-electron chi connectivity index (χ3n) is 4.44. The van der Waals surface area contributed by atoms with Crippen molar-refractivity contribution in [2.45, 2.75) is 6.42 Å². The van der Waals surface area contributed by atoms with Gasteiger partial charge in [0.25, 0.3) is 11.6 Å².